The zero-order valence-corrected chi connectivity index (χ0v) is 16.5. The molecule has 0 unspecified atom stereocenters. The Labute approximate surface area is 166 Å². The fourth-order valence-corrected chi connectivity index (χ4v) is 3.79. The van der Waals surface area contributed by atoms with E-state index in [4.69, 9.17) is 16.3 Å². The van der Waals surface area contributed by atoms with Crippen molar-refractivity contribution in [3.63, 3.8) is 0 Å². The summed E-state index contributed by atoms with van der Waals surface area (Å²) in [6, 6.07) is 15.5. The second-order valence-electron chi connectivity index (χ2n) is 7.07. The van der Waals surface area contributed by atoms with Crippen LogP contribution in [0.1, 0.15) is 29.6 Å². The molecule has 1 aliphatic heterocycles. The van der Waals surface area contributed by atoms with Gasteiger partial charge in [-0.2, -0.15) is 0 Å². The molecule has 2 aromatic carbocycles. The number of benzene rings is 2. The van der Waals surface area contributed by atoms with Gasteiger partial charge in [0.1, 0.15) is 0 Å². The summed E-state index contributed by atoms with van der Waals surface area (Å²) in [5.74, 6) is 0.498. The van der Waals surface area contributed by atoms with E-state index in [1.165, 1.54) is 6.42 Å². The first-order valence-electron chi connectivity index (χ1n) is 9.55. The van der Waals surface area contributed by atoms with Crippen LogP contribution in [0.15, 0.2) is 48.5 Å². The van der Waals surface area contributed by atoms with E-state index in [-0.39, 0.29) is 11.9 Å². The monoisotopic (exact) mass is 386 g/mol. The van der Waals surface area contributed by atoms with Gasteiger partial charge in [-0.1, -0.05) is 41.9 Å². The Bertz CT molecular complexity index is 759. The molecule has 2 atom stereocenters. The van der Waals surface area contributed by atoms with Crippen molar-refractivity contribution in [3.05, 3.63) is 59.1 Å². The van der Waals surface area contributed by atoms with Crippen LogP contribution >= 0.6 is 11.6 Å². The minimum Gasteiger partial charge on any atom is -0.381 e. The zero-order chi connectivity index (χ0) is 19.1. The number of halogens is 1. The Balaban J connectivity index is 1.65. The minimum absolute atomic E-state index is 0.0641. The fraction of sp³-hybridized carbons (Fsp3) is 0.409. The zero-order valence-electron chi connectivity index (χ0n) is 15.7. The highest BCUT2D eigenvalue weighted by molar-refractivity contribution is 6.30. The maximum absolute atomic E-state index is 12.8. The molecule has 0 bridgehead atoms. The van der Waals surface area contributed by atoms with Crippen molar-refractivity contribution in [2.45, 2.75) is 25.3 Å². The molecule has 4 nitrogen and oxygen atoms in total. The van der Waals surface area contributed by atoms with Crippen molar-refractivity contribution in [1.29, 1.82) is 0 Å². The summed E-state index contributed by atoms with van der Waals surface area (Å²) < 4.78 is 5.57. The third kappa shape index (κ3) is 5.55. The van der Waals surface area contributed by atoms with E-state index in [1.54, 1.807) is 0 Å². The van der Waals surface area contributed by atoms with Gasteiger partial charge in [-0.25, -0.2) is 0 Å². The van der Waals surface area contributed by atoms with Gasteiger partial charge in [0.05, 0.1) is 0 Å². The average molecular weight is 387 g/mol. The normalized spacial score (nSPS) is 18.1. The number of amides is 1. The highest BCUT2D eigenvalue weighted by Crippen LogP contribution is 2.26. The first-order chi connectivity index (χ1) is 13.2. The lowest BCUT2D eigenvalue weighted by Gasteiger charge is -2.26. The van der Waals surface area contributed by atoms with Crippen LogP contribution in [0.2, 0.25) is 5.02 Å². The predicted octanol–water partition coefficient (Wildman–Crippen LogP) is 4.14. The standard InChI is InChI=1S/C22H27ClN2O2/c1-24-19(12-16-6-5-11-27-15-16)14-25-22(26)21-10-3-2-9-20(21)17-7-4-8-18(23)13-17/h2-4,7-10,13,16,19,24H,5-6,11-12,14-15H2,1H3,(H,25,26)/t16-,19-/m0/s1. The van der Waals surface area contributed by atoms with Crippen LogP contribution in [0.4, 0.5) is 0 Å². The van der Waals surface area contributed by atoms with Crippen molar-refractivity contribution in [2.24, 2.45) is 5.92 Å². The molecule has 1 amide bonds. The van der Waals surface area contributed by atoms with Crippen LogP contribution in [0.3, 0.4) is 0 Å². The van der Waals surface area contributed by atoms with Crippen LogP contribution in [0, 0.1) is 5.92 Å². The Kier molecular flexibility index (Phi) is 7.27. The van der Waals surface area contributed by atoms with Crippen molar-refractivity contribution >= 4 is 17.5 Å². The average Bonchev–Trinajstić information content (AvgIpc) is 2.71. The van der Waals surface area contributed by atoms with Crippen LogP contribution in [0.5, 0.6) is 0 Å². The van der Waals surface area contributed by atoms with Crippen molar-refractivity contribution < 1.29 is 9.53 Å². The van der Waals surface area contributed by atoms with Gasteiger partial charge in [0.15, 0.2) is 0 Å². The molecule has 0 spiro atoms. The van der Waals surface area contributed by atoms with Crippen molar-refractivity contribution in [2.75, 3.05) is 26.8 Å². The fourth-order valence-electron chi connectivity index (χ4n) is 3.60. The molecule has 0 aliphatic carbocycles. The number of hydrogen-bond acceptors (Lipinski definition) is 3. The molecule has 3 rings (SSSR count). The highest BCUT2D eigenvalue weighted by atomic mass is 35.5. The Morgan fingerprint density at radius 3 is 2.85 bits per heavy atom. The van der Waals surface area contributed by atoms with E-state index in [9.17, 15) is 4.79 Å². The van der Waals surface area contributed by atoms with Crippen LogP contribution < -0.4 is 10.6 Å². The lowest BCUT2D eigenvalue weighted by atomic mass is 9.94. The quantitative estimate of drug-likeness (QED) is 0.751. The molecule has 1 fully saturated rings. The molecule has 5 heteroatoms. The largest absolute Gasteiger partial charge is 0.381 e. The summed E-state index contributed by atoms with van der Waals surface area (Å²) in [4.78, 5) is 12.8. The van der Waals surface area contributed by atoms with E-state index in [2.05, 4.69) is 10.6 Å². The van der Waals surface area contributed by atoms with Gasteiger partial charge in [-0.05, 0) is 61.6 Å². The maximum atomic E-state index is 12.8. The number of rotatable bonds is 7. The summed E-state index contributed by atoms with van der Waals surface area (Å²) in [5, 5.41) is 7.07. The topological polar surface area (TPSA) is 50.4 Å². The second-order valence-corrected chi connectivity index (χ2v) is 7.51. The van der Waals surface area contributed by atoms with Crippen molar-refractivity contribution in [3.8, 4) is 11.1 Å². The Morgan fingerprint density at radius 1 is 1.26 bits per heavy atom. The van der Waals surface area contributed by atoms with Gasteiger partial charge in [-0.15, -0.1) is 0 Å². The van der Waals surface area contributed by atoms with Gasteiger partial charge in [0.25, 0.3) is 5.91 Å². The van der Waals surface area contributed by atoms with Crippen molar-refractivity contribution in [1.82, 2.24) is 10.6 Å². The molecule has 1 saturated heterocycles. The van der Waals surface area contributed by atoms with E-state index in [0.29, 0.717) is 23.0 Å². The summed E-state index contributed by atoms with van der Waals surface area (Å²) >= 11 is 6.12. The van der Waals surface area contributed by atoms with Crippen LogP contribution in [0.25, 0.3) is 11.1 Å². The first-order valence-corrected chi connectivity index (χ1v) is 9.93. The minimum atomic E-state index is -0.0641. The lowest BCUT2D eigenvalue weighted by Crippen LogP contribution is -2.41. The van der Waals surface area contributed by atoms with E-state index in [1.807, 2.05) is 55.6 Å². The Morgan fingerprint density at radius 2 is 2.11 bits per heavy atom. The number of ether oxygens (including phenoxy) is 1. The van der Waals surface area contributed by atoms with E-state index < -0.39 is 0 Å². The summed E-state index contributed by atoms with van der Waals surface area (Å²) in [6.45, 7) is 2.29. The number of likely N-dealkylation sites (N-methyl/N-ethyl adjacent to an activating group) is 1. The summed E-state index contributed by atoms with van der Waals surface area (Å²) in [5.41, 5.74) is 2.49. The molecule has 2 aromatic rings. The van der Waals surface area contributed by atoms with Gasteiger partial charge in [-0.3, -0.25) is 4.79 Å². The van der Waals surface area contributed by atoms with Crippen LogP contribution in [-0.4, -0.2) is 38.8 Å². The molecular weight excluding hydrogens is 360 g/mol. The molecule has 0 saturated carbocycles. The molecular formula is C22H27ClN2O2. The molecule has 2 N–H and O–H groups in total. The van der Waals surface area contributed by atoms with Gasteiger partial charge in [0, 0.05) is 36.4 Å². The molecule has 1 aliphatic rings. The van der Waals surface area contributed by atoms with Gasteiger partial charge in [0.2, 0.25) is 0 Å². The molecule has 27 heavy (non-hydrogen) atoms. The summed E-state index contributed by atoms with van der Waals surface area (Å²) in [6.07, 6.45) is 3.33. The highest BCUT2D eigenvalue weighted by Gasteiger charge is 2.20. The van der Waals surface area contributed by atoms with Gasteiger partial charge < -0.3 is 15.4 Å². The SMILES string of the molecule is CN[C@H](CNC(=O)c1ccccc1-c1cccc(Cl)c1)C[C@@H]1CCCOC1. The molecule has 0 radical (unpaired) electrons. The third-order valence-corrected chi connectivity index (χ3v) is 5.33. The van der Waals surface area contributed by atoms with Gasteiger partial charge >= 0.3 is 0 Å². The third-order valence-electron chi connectivity index (χ3n) is 5.10. The summed E-state index contributed by atoms with van der Waals surface area (Å²) in [7, 11) is 1.94. The lowest BCUT2D eigenvalue weighted by molar-refractivity contribution is 0.0478. The van der Waals surface area contributed by atoms with E-state index in [0.717, 1.165) is 37.2 Å². The maximum Gasteiger partial charge on any atom is 0.251 e. The van der Waals surface area contributed by atoms with Crippen LogP contribution in [-0.2, 0) is 4.74 Å². The van der Waals surface area contributed by atoms with E-state index >= 15 is 0 Å². The number of nitrogens with one attached hydrogen (secondary N) is 2. The predicted molar refractivity (Wildman–Crippen MR) is 110 cm³/mol. The molecule has 144 valence electrons. The number of hydrogen-bond donors (Lipinski definition) is 2. The Hall–Kier alpha value is -1.88. The number of carbonyl (C=O) groups is 1. The first kappa shape index (κ1) is 19.9. The molecule has 1 heterocycles. The molecule has 0 aromatic heterocycles. The second kappa shape index (κ2) is 9.88. The number of carbonyl (C=O) groups excluding carboxylic acids is 1. The smallest absolute Gasteiger partial charge is 0.251 e.